The molecule has 4 nitrogen and oxygen atoms in total. The lowest BCUT2D eigenvalue weighted by Gasteiger charge is -2.71. The Morgan fingerprint density at radius 2 is 1.56 bits per heavy atom. The first-order valence-electron chi connectivity index (χ1n) is 14.6. The van der Waals surface area contributed by atoms with E-state index in [4.69, 9.17) is 4.74 Å². The van der Waals surface area contributed by atoms with Crippen molar-refractivity contribution < 1.29 is 19.4 Å². The summed E-state index contributed by atoms with van der Waals surface area (Å²) in [7, 11) is 0. The Morgan fingerprint density at radius 3 is 2.19 bits per heavy atom. The van der Waals surface area contributed by atoms with E-state index < -0.39 is 11.4 Å². The summed E-state index contributed by atoms with van der Waals surface area (Å²) in [6.07, 6.45) is 12.6. The fourth-order valence-corrected chi connectivity index (χ4v) is 11.0. The zero-order valence-corrected chi connectivity index (χ0v) is 24.1. The molecule has 0 aromatic carbocycles. The predicted molar refractivity (Wildman–Crippen MR) is 142 cm³/mol. The van der Waals surface area contributed by atoms with Crippen LogP contribution in [0.1, 0.15) is 120 Å². The van der Waals surface area contributed by atoms with Gasteiger partial charge >= 0.3 is 11.9 Å². The van der Waals surface area contributed by atoms with Crippen LogP contribution in [-0.2, 0) is 14.3 Å². The van der Waals surface area contributed by atoms with Gasteiger partial charge in [0.2, 0.25) is 0 Å². The minimum absolute atomic E-state index is 0.00181. The fraction of sp³-hybridized carbons (Fsp3) is 0.875. The molecule has 5 aliphatic rings. The van der Waals surface area contributed by atoms with E-state index in [9.17, 15) is 14.7 Å². The number of fused-ring (bicyclic) bond motifs is 7. The molecule has 202 valence electrons. The monoisotopic (exact) mass is 498 g/mol. The van der Waals surface area contributed by atoms with E-state index in [0.29, 0.717) is 11.8 Å². The molecular formula is C32H50O4. The van der Waals surface area contributed by atoms with Crippen LogP contribution >= 0.6 is 0 Å². The van der Waals surface area contributed by atoms with Crippen LogP contribution in [0.15, 0.2) is 11.6 Å². The summed E-state index contributed by atoms with van der Waals surface area (Å²) >= 11 is 0. The summed E-state index contributed by atoms with van der Waals surface area (Å²) in [6, 6.07) is 0. The first-order chi connectivity index (χ1) is 16.5. The normalized spacial score (nSPS) is 48.8. The smallest absolute Gasteiger partial charge is 0.310 e. The molecule has 0 bridgehead atoms. The van der Waals surface area contributed by atoms with Gasteiger partial charge in [-0.3, -0.25) is 9.59 Å². The molecule has 0 amide bonds. The lowest BCUT2D eigenvalue weighted by atomic mass is 9.33. The number of carbonyl (C=O) groups excluding carboxylic acids is 1. The van der Waals surface area contributed by atoms with Gasteiger partial charge in [0.25, 0.3) is 0 Å². The summed E-state index contributed by atoms with van der Waals surface area (Å²) in [5.41, 5.74) is 1.50. The molecule has 8 atom stereocenters. The molecule has 5 aliphatic carbocycles. The Bertz CT molecular complexity index is 992. The van der Waals surface area contributed by atoms with Gasteiger partial charge in [0.1, 0.15) is 6.10 Å². The van der Waals surface area contributed by atoms with Crippen LogP contribution in [0.4, 0.5) is 0 Å². The number of esters is 1. The van der Waals surface area contributed by atoms with Gasteiger partial charge in [-0.05, 0) is 104 Å². The fourth-order valence-electron chi connectivity index (χ4n) is 11.0. The third kappa shape index (κ3) is 3.30. The van der Waals surface area contributed by atoms with E-state index >= 15 is 0 Å². The molecule has 0 saturated heterocycles. The van der Waals surface area contributed by atoms with Crippen LogP contribution in [0, 0.1) is 50.2 Å². The minimum atomic E-state index is -0.574. The molecule has 0 unspecified atom stereocenters. The topological polar surface area (TPSA) is 63.6 Å². The molecule has 0 aromatic heterocycles. The van der Waals surface area contributed by atoms with E-state index in [1.165, 1.54) is 12.0 Å². The lowest BCUT2D eigenvalue weighted by Crippen LogP contribution is -2.65. The first-order valence-corrected chi connectivity index (χ1v) is 14.6. The van der Waals surface area contributed by atoms with E-state index in [-0.39, 0.29) is 45.1 Å². The van der Waals surface area contributed by atoms with Gasteiger partial charge in [-0.25, -0.2) is 0 Å². The quantitative estimate of drug-likeness (QED) is 0.311. The van der Waals surface area contributed by atoms with Gasteiger partial charge in [-0.1, -0.05) is 60.1 Å². The largest absolute Gasteiger partial charge is 0.481 e. The maximum absolute atomic E-state index is 12.8. The van der Waals surface area contributed by atoms with Gasteiger partial charge in [-0.2, -0.15) is 0 Å². The Morgan fingerprint density at radius 1 is 0.889 bits per heavy atom. The predicted octanol–water partition coefficient (Wildman–Crippen LogP) is 7.80. The zero-order chi connectivity index (χ0) is 26.5. The third-order valence-corrected chi connectivity index (χ3v) is 13.3. The molecule has 36 heavy (non-hydrogen) atoms. The number of carbonyl (C=O) groups is 2. The molecule has 0 aromatic rings. The highest BCUT2D eigenvalue weighted by Gasteiger charge is 2.69. The number of ether oxygens (including phenoxy) is 1. The molecule has 0 radical (unpaired) electrons. The van der Waals surface area contributed by atoms with Crippen molar-refractivity contribution in [1.82, 2.24) is 0 Å². The SMILES string of the molecule is CC(=O)O[C@@H]1CC[C@]2(C)[C@H]3CC=C4[C@H]5CC(C)(C)CC[C@]5(C(=O)O)CC[C@]4(C)[C@]3(C)CC[C@H]2C1(C)C. The standard InChI is InChI=1S/C32H50O4/c1-20(33)36-25-12-13-29(6)23(28(25,4)5)11-14-31(8)24(29)10-9-21-22-19-27(2,3)15-17-32(22,26(34)35)18-16-30(21,31)7/h9,22-25H,10-19H2,1-8H3,(H,34,35)/t22-,23+,24-,25-,29+,30+,31-,32+/m1/s1. The van der Waals surface area contributed by atoms with E-state index in [2.05, 4.69) is 54.5 Å². The van der Waals surface area contributed by atoms with Gasteiger partial charge in [0.05, 0.1) is 5.41 Å². The van der Waals surface area contributed by atoms with Crippen LogP contribution in [0.2, 0.25) is 0 Å². The lowest BCUT2D eigenvalue weighted by molar-refractivity contribution is -0.213. The van der Waals surface area contributed by atoms with Crippen LogP contribution in [0.3, 0.4) is 0 Å². The second-order valence-corrected chi connectivity index (χ2v) is 15.6. The number of hydrogen-bond donors (Lipinski definition) is 1. The van der Waals surface area contributed by atoms with Crippen LogP contribution in [0.25, 0.3) is 0 Å². The van der Waals surface area contributed by atoms with Crippen molar-refractivity contribution in [2.24, 2.45) is 50.2 Å². The number of carboxylic acid groups (broad SMARTS) is 1. The van der Waals surface area contributed by atoms with Crippen molar-refractivity contribution in [3.05, 3.63) is 11.6 Å². The maximum Gasteiger partial charge on any atom is 0.310 e. The minimum Gasteiger partial charge on any atom is -0.481 e. The Kier molecular flexibility index (Phi) is 5.74. The van der Waals surface area contributed by atoms with Gasteiger partial charge in [0.15, 0.2) is 0 Å². The Hall–Kier alpha value is -1.32. The van der Waals surface area contributed by atoms with Crippen LogP contribution < -0.4 is 0 Å². The molecule has 4 heteroatoms. The third-order valence-electron chi connectivity index (χ3n) is 13.3. The first kappa shape index (κ1) is 26.3. The summed E-state index contributed by atoms with van der Waals surface area (Å²) in [5, 5.41) is 10.5. The number of rotatable bonds is 2. The van der Waals surface area contributed by atoms with E-state index in [1.807, 2.05) is 0 Å². The van der Waals surface area contributed by atoms with Crippen molar-refractivity contribution in [2.75, 3.05) is 0 Å². The molecular weight excluding hydrogens is 448 g/mol. The molecule has 4 fully saturated rings. The molecule has 5 rings (SSSR count). The van der Waals surface area contributed by atoms with E-state index in [0.717, 1.165) is 57.8 Å². The van der Waals surface area contributed by atoms with Crippen LogP contribution in [0.5, 0.6) is 0 Å². The average Bonchev–Trinajstić information content (AvgIpc) is 2.75. The number of allylic oxidation sites excluding steroid dienone is 2. The highest BCUT2D eigenvalue weighted by molar-refractivity contribution is 5.76. The summed E-state index contributed by atoms with van der Waals surface area (Å²) < 4.78 is 5.87. The molecule has 0 heterocycles. The van der Waals surface area contributed by atoms with Crippen molar-refractivity contribution in [3.8, 4) is 0 Å². The average molecular weight is 499 g/mol. The van der Waals surface area contributed by atoms with Crippen LogP contribution in [-0.4, -0.2) is 23.1 Å². The second-order valence-electron chi connectivity index (χ2n) is 15.6. The van der Waals surface area contributed by atoms with Crippen molar-refractivity contribution in [3.63, 3.8) is 0 Å². The molecule has 4 saturated carbocycles. The van der Waals surface area contributed by atoms with E-state index in [1.54, 1.807) is 6.92 Å². The highest BCUT2D eigenvalue weighted by Crippen LogP contribution is 2.75. The summed E-state index contributed by atoms with van der Waals surface area (Å²) in [6.45, 7) is 18.5. The highest BCUT2D eigenvalue weighted by atomic mass is 16.5. The van der Waals surface area contributed by atoms with Gasteiger partial charge in [0, 0.05) is 12.3 Å². The van der Waals surface area contributed by atoms with Crippen molar-refractivity contribution in [1.29, 1.82) is 0 Å². The molecule has 0 spiro atoms. The Labute approximate surface area is 219 Å². The maximum atomic E-state index is 12.8. The number of aliphatic carboxylic acids is 1. The molecule has 1 N–H and O–H groups in total. The van der Waals surface area contributed by atoms with Gasteiger partial charge in [-0.15, -0.1) is 0 Å². The van der Waals surface area contributed by atoms with Gasteiger partial charge < -0.3 is 9.84 Å². The van der Waals surface area contributed by atoms with Crippen molar-refractivity contribution in [2.45, 2.75) is 126 Å². The van der Waals surface area contributed by atoms with Crippen molar-refractivity contribution >= 4 is 11.9 Å². The zero-order valence-electron chi connectivity index (χ0n) is 24.1. The number of carboxylic acids is 1. The summed E-state index contributed by atoms with van der Waals surface area (Å²) in [4.78, 5) is 24.7. The summed E-state index contributed by atoms with van der Waals surface area (Å²) in [5.74, 6) is 0.546. The molecule has 0 aliphatic heterocycles. The second kappa shape index (κ2) is 7.85. The number of hydrogen-bond acceptors (Lipinski definition) is 3. The Balaban J connectivity index is 1.55.